The summed E-state index contributed by atoms with van der Waals surface area (Å²) in [4.78, 5) is 0. The molecule has 2 rings (SSSR count). The molecule has 1 saturated carbocycles. The summed E-state index contributed by atoms with van der Waals surface area (Å²) in [6.07, 6.45) is 0.875. The highest BCUT2D eigenvalue weighted by Crippen LogP contribution is 2.40. The van der Waals surface area contributed by atoms with Crippen LogP contribution in [0.3, 0.4) is 0 Å². The second-order valence-corrected chi connectivity index (χ2v) is 3.87. The van der Waals surface area contributed by atoms with Gasteiger partial charge in [0.25, 0.3) is 0 Å². The van der Waals surface area contributed by atoms with Crippen LogP contribution in [0.4, 0.5) is 0 Å². The molecule has 1 aromatic carbocycles. The van der Waals surface area contributed by atoms with Crippen molar-refractivity contribution >= 4 is 0 Å². The summed E-state index contributed by atoms with van der Waals surface area (Å²) in [6.45, 7) is 2.81. The molecule has 1 fully saturated rings. The molecule has 0 aliphatic heterocycles. The first-order chi connectivity index (χ1) is 6.21. The minimum atomic E-state index is -0.587. The quantitative estimate of drug-likeness (QED) is 0.686. The Balaban J connectivity index is 1.87. The number of hydrogen-bond donors (Lipinski definition) is 2. The van der Waals surface area contributed by atoms with E-state index in [-0.39, 0.29) is 0 Å². The zero-order valence-corrected chi connectivity index (χ0v) is 7.83. The summed E-state index contributed by atoms with van der Waals surface area (Å²) in [5.41, 5.74) is 0.630. The SMILES string of the molecule is C[C@H]1C[C@@]1(O)NCc1ccccc1. The standard InChI is InChI=1S/C11H15NO/c1-9-7-11(9,13)12-8-10-5-3-2-4-6-10/h2-6,9,12-13H,7-8H2,1H3/t9-,11-/m0/s1. The molecule has 1 aliphatic rings. The largest absolute Gasteiger partial charge is 0.376 e. The van der Waals surface area contributed by atoms with E-state index in [0.717, 1.165) is 13.0 Å². The van der Waals surface area contributed by atoms with Gasteiger partial charge in [-0.15, -0.1) is 0 Å². The highest BCUT2D eigenvalue weighted by Gasteiger charge is 2.49. The summed E-state index contributed by atoms with van der Waals surface area (Å²) in [5.74, 6) is 0.399. The van der Waals surface area contributed by atoms with Gasteiger partial charge in [-0.1, -0.05) is 37.3 Å². The highest BCUT2D eigenvalue weighted by molar-refractivity contribution is 5.15. The fourth-order valence-electron chi connectivity index (χ4n) is 1.51. The summed E-state index contributed by atoms with van der Waals surface area (Å²) in [5, 5.41) is 12.9. The van der Waals surface area contributed by atoms with Gasteiger partial charge in [-0.3, -0.25) is 5.32 Å². The summed E-state index contributed by atoms with van der Waals surface area (Å²) in [6, 6.07) is 10.1. The van der Waals surface area contributed by atoms with Crippen LogP contribution >= 0.6 is 0 Å². The molecule has 0 radical (unpaired) electrons. The van der Waals surface area contributed by atoms with Crippen molar-refractivity contribution < 1.29 is 5.11 Å². The van der Waals surface area contributed by atoms with Crippen LogP contribution < -0.4 is 5.32 Å². The van der Waals surface area contributed by atoms with Gasteiger partial charge in [0.15, 0.2) is 0 Å². The molecule has 1 aromatic rings. The van der Waals surface area contributed by atoms with Gasteiger partial charge >= 0.3 is 0 Å². The van der Waals surface area contributed by atoms with Crippen molar-refractivity contribution in [2.75, 3.05) is 0 Å². The van der Waals surface area contributed by atoms with Crippen LogP contribution in [-0.2, 0) is 6.54 Å². The molecule has 70 valence electrons. The van der Waals surface area contributed by atoms with Crippen LogP contribution in [0.15, 0.2) is 30.3 Å². The molecule has 0 saturated heterocycles. The van der Waals surface area contributed by atoms with E-state index in [1.54, 1.807) is 0 Å². The second-order valence-electron chi connectivity index (χ2n) is 3.87. The Labute approximate surface area is 78.6 Å². The molecule has 0 unspecified atom stereocenters. The van der Waals surface area contributed by atoms with E-state index in [4.69, 9.17) is 0 Å². The van der Waals surface area contributed by atoms with E-state index in [2.05, 4.69) is 24.4 Å². The fraction of sp³-hybridized carbons (Fsp3) is 0.455. The molecule has 2 heteroatoms. The molecule has 2 nitrogen and oxygen atoms in total. The number of benzene rings is 1. The molecular weight excluding hydrogens is 162 g/mol. The zero-order valence-electron chi connectivity index (χ0n) is 7.83. The van der Waals surface area contributed by atoms with E-state index in [0.29, 0.717) is 5.92 Å². The van der Waals surface area contributed by atoms with Crippen molar-refractivity contribution in [3.05, 3.63) is 35.9 Å². The minimum Gasteiger partial charge on any atom is -0.376 e. The summed E-state index contributed by atoms with van der Waals surface area (Å²) < 4.78 is 0. The molecule has 1 aliphatic carbocycles. The van der Waals surface area contributed by atoms with Gasteiger partial charge < -0.3 is 5.11 Å². The lowest BCUT2D eigenvalue weighted by atomic mass is 10.2. The summed E-state index contributed by atoms with van der Waals surface area (Å²) in [7, 11) is 0. The van der Waals surface area contributed by atoms with Crippen molar-refractivity contribution in [1.29, 1.82) is 0 Å². The first-order valence-electron chi connectivity index (χ1n) is 4.72. The topological polar surface area (TPSA) is 32.3 Å². The molecule has 0 bridgehead atoms. The average molecular weight is 177 g/mol. The van der Waals surface area contributed by atoms with E-state index in [1.807, 2.05) is 18.2 Å². The molecule has 2 atom stereocenters. The molecule has 0 spiro atoms. The lowest BCUT2D eigenvalue weighted by Gasteiger charge is -2.11. The van der Waals surface area contributed by atoms with Crippen LogP contribution in [0.5, 0.6) is 0 Å². The number of nitrogens with one attached hydrogen (secondary N) is 1. The Bertz CT molecular complexity index is 285. The van der Waals surface area contributed by atoms with Crippen LogP contribution in [0.25, 0.3) is 0 Å². The number of rotatable bonds is 3. The molecule has 0 aromatic heterocycles. The maximum atomic E-state index is 9.75. The normalized spacial score (nSPS) is 31.7. The number of aliphatic hydroxyl groups is 1. The zero-order chi connectivity index (χ0) is 9.31. The van der Waals surface area contributed by atoms with Crippen LogP contribution in [0.1, 0.15) is 18.9 Å². The third-order valence-electron chi connectivity index (χ3n) is 2.71. The molecule has 13 heavy (non-hydrogen) atoms. The maximum Gasteiger partial charge on any atom is 0.119 e. The predicted molar refractivity (Wildman–Crippen MR) is 52.0 cm³/mol. The molecule has 2 N–H and O–H groups in total. The molecule has 0 amide bonds. The second kappa shape index (κ2) is 3.13. The van der Waals surface area contributed by atoms with Crippen LogP contribution in [0.2, 0.25) is 0 Å². The smallest absolute Gasteiger partial charge is 0.119 e. The van der Waals surface area contributed by atoms with Gasteiger partial charge in [0, 0.05) is 12.5 Å². The molecular formula is C11H15NO. The van der Waals surface area contributed by atoms with Crippen LogP contribution in [-0.4, -0.2) is 10.8 Å². The Morgan fingerprint density at radius 1 is 1.46 bits per heavy atom. The third-order valence-corrected chi connectivity index (χ3v) is 2.71. The first kappa shape index (κ1) is 8.73. The van der Waals surface area contributed by atoms with E-state index in [1.165, 1.54) is 5.56 Å². The third kappa shape index (κ3) is 1.90. The van der Waals surface area contributed by atoms with Crippen molar-refractivity contribution in [2.45, 2.75) is 25.6 Å². The maximum absolute atomic E-state index is 9.75. The van der Waals surface area contributed by atoms with E-state index < -0.39 is 5.72 Å². The van der Waals surface area contributed by atoms with Gasteiger partial charge in [-0.25, -0.2) is 0 Å². The van der Waals surface area contributed by atoms with Crippen molar-refractivity contribution in [2.24, 2.45) is 5.92 Å². The minimum absolute atomic E-state index is 0.399. The molecule has 0 heterocycles. The Hall–Kier alpha value is -0.860. The number of hydrogen-bond acceptors (Lipinski definition) is 2. The monoisotopic (exact) mass is 177 g/mol. The lowest BCUT2D eigenvalue weighted by Crippen LogP contribution is -2.31. The van der Waals surface area contributed by atoms with Crippen molar-refractivity contribution in [3.63, 3.8) is 0 Å². The van der Waals surface area contributed by atoms with Gasteiger partial charge in [-0.2, -0.15) is 0 Å². The lowest BCUT2D eigenvalue weighted by molar-refractivity contribution is 0.0942. The Kier molecular flexibility index (Phi) is 2.10. The van der Waals surface area contributed by atoms with Gasteiger partial charge in [0.2, 0.25) is 0 Å². The van der Waals surface area contributed by atoms with E-state index in [9.17, 15) is 5.11 Å². The van der Waals surface area contributed by atoms with Crippen molar-refractivity contribution in [3.8, 4) is 0 Å². The van der Waals surface area contributed by atoms with Gasteiger partial charge in [0.05, 0.1) is 0 Å². The first-order valence-corrected chi connectivity index (χ1v) is 4.72. The highest BCUT2D eigenvalue weighted by atomic mass is 16.3. The Morgan fingerprint density at radius 2 is 2.08 bits per heavy atom. The van der Waals surface area contributed by atoms with Gasteiger partial charge in [0.1, 0.15) is 5.72 Å². The Morgan fingerprint density at radius 3 is 2.62 bits per heavy atom. The fourth-order valence-corrected chi connectivity index (χ4v) is 1.51. The van der Waals surface area contributed by atoms with E-state index >= 15 is 0 Å². The van der Waals surface area contributed by atoms with Crippen LogP contribution in [0, 0.1) is 5.92 Å². The average Bonchev–Trinajstić information content (AvgIpc) is 2.74. The van der Waals surface area contributed by atoms with Gasteiger partial charge in [-0.05, 0) is 12.0 Å². The van der Waals surface area contributed by atoms with Crippen molar-refractivity contribution in [1.82, 2.24) is 5.32 Å². The summed E-state index contributed by atoms with van der Waals surface area (Å²) >= 11 is 0. The predicted octanol–water partition coefficient (Wildman–Crippen LogP) is 1.50.